The molecule has 6 heteroatoms. The van der Waals surface area contributed by atoms with Crippen LogP contribution in [0.1, 0.15) is 31.7 Å². The van der Waals surface area contributed by atoms with E-state index in [1.54, 1.807) is 6.07 Å². The van der Waals surface area contributed by atoms with Gasteiger partial charge < -0.3 is 5.11 Å². The fourth-order valence-electron chi connectivity index (χ4n) is 1.60. The van der Waals surface area contributed by atoms with E-state index in [4.69, 9.17) is 5.11 Å². The van der Waals surface area contributed by atoms with Crippen LogP contribution in [0.2, 0.25) is 0 Å². The number of anilines is 1. The van der Waals surface area contributed by atoms with Crippen LogP contribution in [-0.2, 0) is 10.2 Å². The summed E-state index contributed by atoms with van der Waals surface area (Å²) in [6.45, 7) is 4.38. The van der Waals surface area contributed by atoms with Gasteiger partial charge in [-0.1, -0.05) is 26.0 Å². The Hall–Kier alpha value is -1.11. The lowest BCUT2D eigenvalue weighted by molar-refractivity contribution is 0.276. The van der Waals surface area contributed by atoms with Gasteiger partial charge in [0, 0.05) is 20.2 Å². The maximum atomic E-state index is 12.0. The topological polar surface area (TPSA) is 69.6 Å². The van der Waals surface area contributed by atoms with E-state index >= 15 is 0 Å². The zero-order chi connectivity index (χ0) is 14.5. The third-order valence-electron chi connectivity index (χ3n) is 2.84. The second-order valence-corrected chi connectivity index (χ2v) is 6.56. The summed E-state index contributed by atoms with van der Waals surface area (Å²) < 4.78 is 27.8. The van der Waals surface area contributed by atoms with Crippen LogP contribution in [0.3, 0.4) is 0 Å². The molecule has 1 rings (SSSR count). The van der Waals surface area contributed by atoms with Crippen molar-refractivity contribution >= 4 is 15.9 Å². The molecule has 2 N–H and O–H groups in total. The van der Waals surface area contributed by atoms with Crippen LogP contribution in [0.4, 0.5) is 5.69 Å². The minimum Gasteiger partial charge on any atom is -0.396 e. The number of rotatable bonds is 7. The first kappa shape index (κ1) is 15.9. The third-order valence-corrected chi connectivity index (χ3v) is 4.34. The summed E-state index contributed by atoms with van der Waals surface area (Å²) in [5.41, 5.74) is 1.64. The Morgan fingerprint density at radius 1 is 1.37 bits per heavy atom. The summed E-state index contributed by atoms with van der Waals surface area (Å²) in [4.78, 5) is 0. The maximum Gasteiger partial charge on any atom is 0.301 e. The van der Waals surface area contributed by atoms with Gasteiger partial charge in [0.15, 0.2) is 0 Å². The van der Waals surface area contributed by atoms with Crippen LogP contribution >= 0.6 is 0 Å². The standard InChI is InChI=1S/C13H22N2O3S/c1-11(2)12-6-4-7-13(10-12)14-19(17,18)15(3)8-5-9-16/h4,6-7,10-11,14,16H,5,8-9H2,1-3H3. The second kappa shape index (κ2) is 6.88. The monoisotopic (exact) mass is 286 g/mol. The molecule has 0 radical (unpaired) electrons. The van der Waals surface area contributed by atoms with Crippen molar-refractivity contribution in [1.82, 2.24) is 4.31 Å². The van der Waals surface area contributed by atoms with Crippen LogP contribution in [0.15, 0.2) is 24.3 Å². The number of benzene rings is 1. The lowest BCUT2D eigenvalue weighted by atomic mass is 10.0. The molecule has 108 valence electrons. The van der Waals surface area contributed by atoms with Gasteiger partial charge in [0.2, 0.25) is 0 Å². The fourth-order valence-corrected chi connectivity index (χ4v) is 2.55. The Labute approximate surface area is 115 Å². The molecule has 0 aliphatic rings. The van der Waals surface area contributed by atoms with E-state index in [0.29, 0.717) is 18.0 Å². The summed E-state index contributed by atoms with van der Waals surface area (Å²) in [6.07, 6.45) is 0.420. The SMILES string of the molecule is CC(C)c1cccc(NS(=O)(=O)N(C)CCCO)c1. The molecule has 0 aromatic heterocycles. The summed E-state index contributed by atoms with van der Waals surface area (Å²) in [5, 5.41) is 8.73. The number of nitrogens with one attached hydrogen (secondary N) is 1. The van der Waals surface area contributed by atoms with Gasteiger partial charge >= 0.3 is 10.2 Å². The summed E-state index contributed by atoms with van der Waals surface area (Å²) in [5.74, 6) is 0.344. The third kappa shape index (κ3) is 4.81. The number of hydrogen-bond acceptors (Lipinski definition) is 3. The van der Waals surface area contributed by atoms with E-state index in [-0.39, 0.29) is 13.2 Å². The highest BCUT2D eigenvalue weighted by Gasteiger charge is 2.17. The molecule has 5 nitrogen and oxygen atoms in total. The second-order valence-electron chi connectivity index (χ2n) is 4.79. The summed E-state index contributed by atoms with van der Waals surface area (Å²) >= 11 is 0. The molecule has 0 unspecified atom stereocenters. The Bertz CT molecular complexity index is 500. The molecule has 1 aromatic carbocycles. The van der Waals surface area contributed by atoms with Gasteiger partial charge in [-0.25, -0.2) is 0 Å². The van der Waals surface area contributed by atoms with Crippen molar-refractivity contribution in [2.75, 3.05) is 24.9 Å². The molecule has 19 heavy (non-hydrogen) atoms. The first-order chi connectivity index (χ1) is 8.86. The van der Waals surface area contributed by atoms with Gasteiger partial charge in [-0.3, -0.25) is 4.72 Å². The molecule has 0 saturated heterocycles. The molecule has 0 saturated carbocycles. The number of aliphatic hydroxyl groups excluding tert-OH is 1. The molecule has 0 spiro atoms. The molecular formula is C13H22N2O3S. The van der Waals surface area contributed by atoms with Crippen LogP contribution < -0.4 is 4.72 Å². The van der Waals surface area contributed by atoms with E-state index in [9.17, 15) is 8.42 Å². The fraction of sp³-hybridized carbons (Fsp3) is 0.538. The summed E-state index contributed by atoms with van der Waals surface area (Å²) in [6, 6.07) is 7.37. The summed E-state index contributed by atoms with van der Waals surface area (Å²) in [7, 11) is -2.07. The van der Waals surface area contributed by atoms with Crippen molar-refractivity contribution in [3.8, 4) is 0 Å². The zero-order valence-corrected chi connectivity index (χ0v) is 12.4. The van der Waals surface area contributed by atoms with Gasteiger partial charge in [-0.2, -0.15) is 12.7 Å². The maximum absolute atomic E-state index is 12.0. The Morgan fingerprint density at radius 3 is 2.63 bits per heavy atom. The van der Waals surface area contributed by atoms with Gasteiger partial charge in [0.05, 0.1) is 5.69 Å². The number of nitrogens with zero attached hydrogens (tertiary/aromatic N) is 1. The largest absolute Gasteiger partial charge is 0.396 e. The minimum atomic E-state index is -3.56. The molecule has 0 aliphatic heterocycles. The first-order valence-corrected chi connectivity index (χ1v) is 7.75. The van der Waals surface area contributed by atoms with Gasteiger partial charge in [-0.05, 0) is 30.0 Å². The molecule has 0 atom stereocenters. The van der Waals surface area contributed by atoms with E-state index in [1.807, 2.05) is 18.2 Å². The van der Waals surface area contributed by atoms with E-state index < -0.39 is 10.2 Å². The smallest absolute Gasteiger partial charge is 0.301 e. The molecule has 0 amide bonds. The van der Waals surface area contributed by atoms with Crippen molar-refractivity contribution in [3.05, 3.63) is 29.8 Å². The van der Waals surface area contributed by atoms with Crippen LogP contribution in [-0.4, -0.2) is 38.0 Å². The normalized spacial score (nSPS) is 12.1. The molecule has 0 bridgehead atoms. The molecule has 0 aliphatic carbocycles. The zero-order valence-electron chi connectivity index (χ0n) is 11.6. The first-order valence-electron chi connectivity index (χ1n) is 6.31. The van der Waals surface area contributed by atoms with Crippen molar-refractivity contribution < 1.29 is 13.5 Å². The van der Waals surface area contributed by atoms with Crippen LogP contribution in [0.5, 0.6) is 0 Å². The Kier molecular flexibility index (Phi) is 5.78. The van der Waals surface area contributed by atoms with Gasteiger partial charge in [0.25, 0.3) is 0 Å². The van der Waals surface area contributed by atoms with Gasteiger partial charge in [0.1, 0.15) is 0 Å². The predicted molar refractivity (Wildman–Crippen MR) is 77.4 cm³/mol. The van der Waals surface area contributed by atoms with Crippen LogP contribution in [0.25, 0.3) is 0 Å². The molecular weight excluding hydrogens is 264 g/mol. The number of hydrogen-bond donors (Lipinski definition) is 2. The highest BCUT2D eigenvalue weighted by molar-refractivity contribution is 7.90. The minimum absolute atomic E-state index is 0.0251. The van der Waals surface area contributed by atoms with Crippen molar-refractivity contribution in [1.29, 1.82) is 0 Å². The van der Waals surface area contributed by atoms with E-state index in [0.717, 1.165) is 5.56 Å². The predicted octanol–water partition coefficient (Wildman–Crippen LogP) is 1.78. The molecule has 0 heterocycles. The lowest BCUT2D eigenvalue weighted by Crippen LogP contribution is -2.33. The van der Waals surface area contributed by atoms with Gasteiger partial charge in [-0.15, -0.1) is 0 Å². The highest BCUT2D eigenvalue weighted by atomic mass is 32.2. The van der Waals surface area contributed by atoms with Crippen molar-refractivity contribution in [3.63, 3.8) is 0 Å². The lowest BCUT2D eigenvalue weighted by Gasteiger charge is -2.18. The highest BCUT2D eigenvalue weighted by Crippen LogP contribution is 2.19. The Morgan fingerprint density at radius 2 is 2.05 bits per heavy atom. The average molecular weight is 286 g/mol. The Balaban J connectivity index is 2.80. The van der Waals surface area contributed by atoms with Crippen LogP contribution in [0, 0.1) is 0 Å². The van der Waals surface area contributed by atoms with Crippen molar-refractivity contribution in [2.24, 2.45) is 0 Å². The quantitative estimate of drug-likeness (QED) is 0.802. The van der Waals surface area contributed by atoms with Crippen molar-refractivity contribution in [2.45, 2.75) is 26.2 Å². The molecule has 1 aromatic rings. The van der Waals surface area contributed by atoms with E-state index in [2.05, 4.69) is 18.6 Å². The number of aliphatic hydroxyl groups is 1. The van der Waals surface area contributed by atoms with E-state index in [1.165, 1.54) is 11.4 Å². The molecule has 0 fully saturated rings. The average Bonchev–Trinajstić information content (AvgIpc) is 2.35.